The zero-order chi connectivity index (χ0) is 12.3. The molecule has 1 atom stereocenters. The Labute approximate surface area is 98.4 Å². The minimum Gasteiger partial charge on any atom is -0.354 e. The molecule has 5 nitrogen and oxygen atoms in total. The summed E-state index contributed by atoms with van der Waals surface area (Å²) < 4.78 is 0. The number of rotatable bonds is 2. The molecule has 0 bridgehead atoms. The third-order valence-electron chi connectivity index (χ3n) is 2.57. The molecule has 1 aliphatic heterocycles. The fourth-order valence-corrected chi connectivity index (χ4v) is 1.71. The van der Waals surface area contributed by atoms with Crippen molar-refractivity contribution in [2.75, 3.05) is 6.54 Å². The summed E-state index contributed by atoms with van der Waals surface area (Å²) in [6.07, 6.45) is 0.309. The van der Waals surface area contributed by atoms with E-state index in [1.54, 1.807) is 18.2 Å². The lowest BCUT2D eigenvalue weighted by Gasteiger charge is -2.10. The molecule has 2 rings (SSSR count). The summed E-state index contributed by atoms with van der Waals surface area (Å²) in [6.45, 7) is 0.461. The molecule has 0 aromatic heterocycles. The number of carbonyl (C=O) groups excluding carboxylic acids is 2. The van der Waals surface area contributed by atoms with Gasteiger partial charge in [0.05, 0.1) is 17.7 Å². The summed E-state index contributed by atoms with van der Waals surface area (Å²) in [5, 5.41) is 14.1. The van der Waals surface area contributed by atoms with Crippen LogP contribution in [0.1, 0.15) is 22.3 Å². The standard InChI is InChI=1S/C12H11N3O2/c13-6-8-2-1-3-9(4-8)12(17)15-10-5-11(16)14-7-10/h1-4,10H,5,7H2,(H,14,16)(H,15,17)/t10-/m1/s1. The molecule has 86 valence electrons. The molecular formula is C12H11N3O2. The highest BCUT2D eigenvalue weighted by Crippen LogP contribution is 2.06. The summed E-state index contributed by atoms with van der Waals surface area (Å²) in [7, 11) is 0. The zero-order valence-electron chi connectivity index (χ0n) is 9.06. The van der Waals surface area contributed by atoms with Gasteiger partial charge in [-0.2, -0.15) is 5.26 Å². The number of nitriles is 1. The highest BCUT2D eigenvalue weighted by Gasteiger charge is 2.23. The van der Waals surface area contributed by atoms with Gasteiger partial charge in [0, 0.05) is 18.5 Å². The fourth-order valence-electron chi connectivity index (χ4n) is 1.71. The lowest BCUT2D eigenvalue weighted by atomic mass is 10.1. The van der Waals surface area contributed by atoms with E-state index in [-0.39, 0.29) is 17.9 Å². The van der Waals surface area contributed by atoms with Gasteiger partial charge in [-0.25, -0.2) is 0 Å². The summed E-state index contributed by atoms with van der Waals surface area (Å²) in [6, 6.07) is 8.27. The Balaban J connectivity index is 2.04. The van der Waals surface area contributed by atoms with E-state index in [2.05, 4.69) is 10.6 Å². The van der Waals surface area contributed by atoms with Gasteiger partial charge in [0.2, 0.25) is 5.91 Å². The van der Waals surface area contributed by atoms with E-state index in [1.807, 2.05) is 6.07 Å². The first-order valence-electron chi connectivity index (χ1n) is 5.27. The smallest absolute Gasteiger partial charge is 0.251 e. The highest BCUT2D eigenvalue weighted by atomic mass is 16.2. The van der Waals surface area contributed by atoms with Crippen LogP contribution in [0.5, 0.6) is 0 Å². The monoisotopic (exact) mass is 229 g/mol. The predicted molar refractivity (Wildman–Crippen MR) is 60.0 cm³/mol. The molecule has 0 aliphatic carbocycles. The molecule has 1 aromatic carbocycles. The van der Waals surface area contributed by atoms with Crippen molar-refractivity contribution in [1.29, 1.82) is 5.26 Å². The van der Waals surface area contributed by atoms with Crippen LogP contribution in [-0.4, -0.2) is 24.4 Å². The summed E-state index contributed by atoms with van der Waals surface area (Å²) in [5.41, 5.74) is 0.877. The van der Waals surface area contributed by atoms with Crippen LogP contribution in [0, 0.1) is 11.3 Å². The molecule has 0 saturated carbocycles. The first-order chi connectivity index (χ1) is 8.19. The highest BCUT2D eigenvalue weighted by molar-refractivity contribution is 5.95. The molecule has 1 heterocycles. The Morgan fingerprint density at radius 1 is 1.53 bits per heavy atom. The number of benzene rings is 1. The van der Waals surface area contributed by atoms with Crippen molar-refractivity contribution < 1.29 is 9.59 Å². The van der Waals surface area contributed by atoms with Gasteiger partial charge >= 0.3 is 0 Å². The molecule has 1 aromatic rings. The maximum Gasteiger partial charge on any atom is 0.251 e. The number of nitrogens with zero attached hydrogens (tertiary/aromatic N) is 1. The van der Waals surface area contributed by atoms with Crippen LogP contribution in [0.3, 0.4) is 0 Å². The van der Waals surface area contributed by atoms with Gasteiger partial charge in [-0.05, 0) is 18.2 Å². The maximum atomic E-state index is 11.8. The van der Waals surface area contributed by atoms with Crippen molar-refractivity contribution in [2.24, 2.45) is 0 Å². The number of amides is 2. The minimum absolute atomic E-state index is 0.0546. The van der Waals surface area contributed by atoms with Gasteiger partial charge in [0.1, 0.15) is 0 Å². The molecule has 0 unspecified atom stereocenters. The third-order valence-corrected chi connectivity index (χ3v) is 2.57. The molecule has 1 aliphatic rings. The summed E-state index contributed by atoms with van der Waals surface area (Å²) in [5.74, 6) is -0.315. The summed E-state index contributed by atoms with van der Waals surface area (Å²) >= 11 is 0. The third kappa shape index (κ3) is 2.61. The molecule has 0 spiro atoms. The van der Waals surface area contributed by atoms with Crippen LogP contribution in [0.25, 0.3) is 0 Å². The van der Waals surface area contributed by atoms with Crippen molar-refractivity contribution in [2.45, 2.75) is 12.5 Å². The average Bonchev–Trinajstić information content (AvgIpc) is 2.75. The Kier molecular flexibility index (Phi) is 3.06. The molecule has 2 amide bonds. The van der Waals surface area contributed by atoms with E-state index in [1.165, 1.54) is 6.07 Å². The van der Waals surface area contributed by atoms with Crippen LogP contribution in [0.2, 0.25) is 0 Å². The van der Waals surface area contributed by atoms with E-state index >= 15 is 0 Å². The topological polar surface area (TPSA) is 82.0 Å². The number of nitrogens with one attached hydrogen (secondary N) is 2. The van der Waals surface area contributed by atoms with Gasteiger partial charge in [0.25, 0.3) is 5.91 Å². The Morgan fingerprint density at radius 3 is 3.00 bits per heavy atom. The second-order valence-electron chi connectivity index (χ2n) is 3.87. The van der Waals surface area contributed by atoms with Crippen LogP contribution in [0.4, 0.5) is 0 Å². The average molecular weight is 229 g/mol. The first-order valence-corrected chi connectivity index (χ1v) is 5.27. The second-order valence-corrected chi connectivity index (χ2v) is 3.87. The van der Waals surface area contributed by atoms with Gasteiger partial charge in [-0.3, -0.25) is 9.59 Å². The minimum atomic E-state index is -0.261. The van der Waals surface area contributed by atoms with Crippen LogP contribution in [0.15, 0.2) is 24.3 Å². The molecule has 5 heteroatoms. The lowest BCUT2D eigenvalue weighted by Crippen LogP contribution is -2.36. The second kappa shape index (κ2) is 4.66. The first kappa shape index (κ1) is 11.1. The van der Waals surface area contributed by atoms with Gasteiger partial charge in [-0.15, -0.1) is 0 Å². The fraction of sp³-hybridized carbons (Fsp3) is 0.250. The number of carbonyl (C=O) groups is 2. The molecule has 1 fully saturated rings. The van der Waals surface area contributed by atoms with Crippen molar-refractivity contribution in [3.8, 4) is 6.07 Å². The van der Waals surface area contributed by atoms with Crippen molar-refractivity contribution >= 4 is 11.8 Å². The Morgan fingerprint density at radius 2 is 2.35 bits per heavy atom. The molecule has 0 radical (unpaired) electrons. The van der Waals surface area contributed by atoms with E-state index in [0.717, 1.165) is 0 Å². The SMILES string of the molecule is N#Cc1cccc(C(=O)N[C@H]2CNC(=O)C2)c1. The lowest BCUT2D eigenvalue weighted by molar-refractivity contribution is -0.119. The number of hydrogen-bond acceptors (Lipinski definition) is 3. The van der Waals surface area contributed by atoms with Crippen LogP contribution < -0.4 is 10.6 Å². The van der Waals surface area contributed by atoms with Gasteiger partial charge in [0.15, 0.2) is 0 Å². The largest absolute Gasteiger partial charge is 0.354 e. The van der Waals surface area contributed by atoms with Crippen molar-refractivity contribution in [3.63, 3.8) is 0 Å². The maximum absolute atomic E-state index is 11.8. The van der Waals surface area contributed by atoms with E-state index in [4.69, 9.17) is 5.26 Å². The molecule has 1 saturated heterocycles. The quantitative estimate of drug-likeness (QED) is 0.758. The normalized spacial score (nSPS) is 18.3. The Hall–Kier alpha value is -2.35. The van der Waals surface area contributed by atoms with Gasteiger partial charge < -0.3 is 10.6 Å². The Bertz CT molecular complexity index is 505. The predicted octanol–water partition coefficient (Wildman–Crippen LogP) is 0.177. The molecule has 2 N–H and O–H groups in total. The van der Waals surface area contributed by atoms with E-state index in [0.29, 0.717) is 24.1 Å². The van der Waals surface area contributed by atoms with E-state index < -0.39 is 0 Å². The molecule has 17 heavy (non-hydrogen) atoms. The number of hydrogen-bond donors (Lipinski definition) is 2. The van der Waals surface area contributed by atoms with Crippen molar-refractivity contribution in [3.05, 3.63) is 35.4 Å². The zero-order valence-corrected chi connectivity index (χ0v) is 9.06. The molecular weight excluding hydrogens is 218 g/mol. The van der Waals surface area contributed by atoms with E-state index in [9.17, 15) is 9.59 Å². The van der Waals surface area contributed by atoms with Crippen LogP contribution >= 0.6 is 0 Å². The van der Waals surface area contributed by atoms with Gasteiger partial charge in [-0.1, -0.05) is 6.07 Å². The van der Waals surface area contributed by atoms with Crippen molar-refractivity contribution in [1.82, 2.24) is 10.6 Å². The summed E-state index contributed by atoms with van der Waals surface area (Å²) in [4.78, 5) is 22.8. The van der Waals surface area contributed by atoms with Crippen LogP contribution in [-0.2, 0) is 4.79 Å².